The van der Waals surface area contributed by atoms with Crippen LogP contribution in [0.5, 0.6) is 11.5 Å². The van der Waals surface area contributed by atoms with E-state index in [1.54, 1.807) is 31.3 Å². The van der Waals surface area contributed by atoms with Crippen LogP contribution in [-0.2, 0) is 10.2 Å². The number of primary amides is 1. The number of carbonyl (C=O) groups is 2. The summed E-state index contributed by atoms with van der Waals surface area (Å²) >= 11 is 0. The number of pyridine rings is 2. The van der Waals surface area contributed by atoms with Crippen molar-refractivity contribution in [3.05, 3.63) is 83.4 Å². The van der Waals surface area contributed by atoms with Gasteiger partial charge in [0.05, 0.1) is 6.61 Å². The molecule has 2 saturated carbocycles. The maximum atomic E-state index is 13.8. The van der Waals surface area contributed by atoms with Crippen LogP contribution in [-0.4, -0.2) is 41.5 Å². The molecule has 220 valence electrons. The lowest BCUT2D eigenvalue weighted by Crippen LogP contribution is -2.40. The lowest BCUT2D eigenvalue weighted by molar-refractivity contribution is -0.123. The average Bonchev–Trinajstić information content (AvgIpc) is 3.95. The smallest absolute Gasteiger partial charge is 0.251 e. The van der Waals surface area contributed by atoms with Gasteiger partial charge < -0.3 is 20.5 Å². The standard InChI is InChI=1S/C34H33FN4O4/c1-34(33(36)41)18-43-31-26(34)15-27(39-30(31)21-8-10-24(35)11-9-21)25(20-6-7-20)16-38-32(40)23-13-22-3-2-12-37-29(22)28(14-23)42-17-19-4-5-19/h2-3,8-15,19-20,25H,4-7,16-18H2,1H3,(H2,36,41)(H,38,40)/t25-,34-/m0/s1. The first kappa shape index (κ1) is 27.3. The van der Waals surface area contributed by atoms with Crippen LogP contribution in [0, 0.1) is 17.7 Å². The van der Waals surface area contributed by atoms with E-state index in [1.807, 2.05) is 24.3 Å². The molecule has 3 N–H and O–H groups in total. The van der Waals surface area contributed by atoms with E-state index in [9.17, 15) is 14.0 Å². The Bertz CT molecular complexity index is 1730. The number of hydrogen-bond acceptors (Lipinski definition) is 6. The molecular weight excluding hydrogens is 547 g/mol. The van der Waals surface area contributed by atoms with E-state index >= 15 is 0 Å². The zero-order valence-electron chi connectivity index (χ0n) is 23.9. The highest BCUT2D eigenvalue weighted by molar-refractivity contribution is 6.00. The van der Waals surface area contributed by atoms with E-state index in [0.717, 1.165) is 29.4 Å². The van der Waals surface area contributed by atoms with E-state index in [0.29, 0.717) is 58.9 Å². The van der Waals surface area contributed by atoms with Crippen LogP contribution in [0.25, 0.3) is 22.2 Å². The van der Waals surface area contributed by atoms with Crippen molar-refractivity contribution < 1.29 is 23.5 Å². The average molecular weight is 581 g/mol. The van der Waals surface area contributed by atoms with Gasteiger partial charge in [-0.1, -0.05) is 6.07 Å². The third-order valence-corrected chi connectivity index (χ3v) is 8.91. The first-order valence-electron chi connectivity index (χ1n) is 14.8. The van der Waals surface area contributed by atoms with Gasteiger partial charge in [-0.25, -0.2) is 9.37 Å². The third-order valence-electron chi connectivity index (χ3n) is 8.91. The molecule has 9 heteroatoms. The van der Waals surface area contributed by atoms with E-state index in [1.165, 1.54) is 25.0 Å². The minimum atomic E-state index is -1.03. The van der Waals surface area contributed by atoms with Crippen molar-refractivity contribution in [2.45, 2.75) is 43.9 Å². The maximum absolute atomic E-state index is 13.8. The second-order valence-corrected chi connectivity index (χ2v) is 12.2. The highest BCUT2D eigenvalue weighted by Crippen LogP contribution is 2.48. The fourth-order valence-electron chi connectivity index (χ4n) is 5.81. The molecule has 2 aliphatic carbocycles. The van der Waals surface area contributed by atoms with Gasteiger partial charge in [-0.05, 0) is 93.0 Å². The number of ether oxygens (including phenoxy) is 2. The Morgan fingerprint density at radius 1 is 1.14 bits per heavy atom. The number of nitrogens with two attached hydrogens (primary N) is 1. The number of nitrogens with zero attached hydrogens (tertiary/aromatic N) is 2. The number of benzene rings is 2. The topological polar surface area (TPSA) is 116 Å². The molecule has 0 unspecified atom stereocenters. The zero-order valence-corrected chi connectivity index (χ0v) is 23.9. The van der Waals surface area contributed by atoms with Crippen LogP contribution >= 0.6 is 0 Å². The summed E-state index contributed by atoms with van der Waals surface area (Å²) in [7, 11) is 0. The zero-order chi connectivity index (χ0) is 29.7. The van der Waals surface area contributed by atoms with Gasteiger partial charge in [0, 0.05) is 46.4 Å². The number of amides is 2. The molecule has 0 spiro atoms. The van der Waals surface area contributed by atoms with Crippen LogP contribution in [0.3, 0.4) is 0 Å². The van der Waals surface area contributed by atoms with E-state index in [-0.39, 0.29) is 24.2 Å². The van der Waals surface area contributed by atoms with E-state index < -0.39 is 11.3 Å². The molecule has 3 aliphatic rings. The normalized spacial score (nSPS) is 19.9. The van der Waals surface area contributed by atoms with Crippen molar-refractivity contribution >= 4 is 22.7 Å². The summed E-state index contributed by atoms with van der Waals surface area (Å²) in [6.45, 7) is 2.85. The molecule has 0 radical (unpaired) electrons. The Hall–Kier alpha value is -4.53. The molecular formula is C34H33FN4O4. The molecule has 8 nitrogen and oxygen atoms in total. The predicted octanol–water partition coefficient (Wildman–Crippen LogP) is 5.28. The third kappa shape index (κ3) is 5.28. The van der Waals surface area contributed by atoms with Gasteiger partial charge in [-0.15, -0.1) is 0 Å². The van der Waals surface area contributed by atoms with Gasteiger partial charge in [-0.3, -0.25) is 14.6 Å². The molecule has 2 amide bonds. The molecule has 3 heterocycles. The molecule has 0 bridgehead atoms. The summed E-state index contributed by atoms with van der Waals surface area (Å²) in [6, 6.07) is 15.3. The monoisotopic (exact) mass is 580 g/mol. The Morgan fingerprint density at radius 2 is 1.93 bits per heavy atom. The van der Waals surface area contributed by atoms with Crippen LogP contribution in [0.4, 0.5) is 4.39 Å². The van der Waals surface area contributed by atoms with E-state index in [4.69, 9.17) is 20.2 Å². The molecule has 7 rings (SSSR count). The van der Waals surface area contributed by atoms with Crippen LogP contribution in [0.2, 0.25) is 0 Å². The number of nitrogens with one attached hydrogen (secondary N) is 1. The first-order valence-corrected chi connectivity index (χ1v) is 14.8. The fourth-order valence-corrected chi connectivity index (χ4v) is 5.81. The maximum Gasteiger partial charge on any atom is 0.251 e. The molecule has 2 aromatic carbocycles. The minimum absolute atomic E-state index is 0.0983. The minimum Gasteiger partial charge on any atom is -0.491 e. The number of carbonyl (C=O) groups excluding carboxylic acids is 2. The Labute approximate surface area is 248 Å². The second-order valence-electron chi connectivity index (χ2n) is 12.2. The molecule has 2 fully saturated rings. The second kappa shape index (κ2) is 10.6. The van der Waals surface area contributed by atoms with Gasteiger partial charge in [0.2, 0.25) is 5.91 Å². The predicted molar refractivity (Wildman–Crippen MR) is 159 cm³/mol. The van der Waals surface area contributed by atoms with Crippen molar-refractivity contribution in [1.29, 1.82) is 0 Å². The molecule has 1 aliphatic heterocycles. The van der Waals surface area contributed by atoms with Gasteiger partial charge in [0.1, 0.15) is 40.5 Å². The lowest BCUT2D eigenvalue weighted by atomic mass is 9.82. The summed E-state index contributed by atoms with van der Waals surface area (Å²) in [5.41, 5.74) is 8.69. The Balaban J connectivity index is 1.20. The number of hydrogen-bond donors (Lipinski definition) is 2. The quantitative estimate of drug-likeness (QED) is 0.264. The van der Waals surface area contributed by atoms with Crippen molar-refractivity contribution in [2.24, 2.45) is 17.6 Å². The first-order chi connectivity index (χ1) is 20.8. The number of rotatable bonds is 10. The summed E-state index contributed by atoms with van der Waals surface area (Å²) in [5, 5.41) is 3.98. The lowest BCUT2D eigenvalue weighted by Gasteiger charge is -2.22. The highest BCUT2D eigenvalue weighted by atomic mass is 19.1. The molecule has 2 aromatic heterocycles. The number of aromatic nitrogens is 2. The summed E-state index contributed by atoms with van der Waals surface area (Å²) < 4.78 is 25.9. The molecule has 0 saturated heterocycles. The summed E-state index contributed by atoms with van der Waals surface area (Å²) in [5.74, 6) is 0.836. The van der Waals surface area contributed by atoms with E-state index in [2.05, 4.69) is 10.3 Å². The van der Waals surface area contributed by atoms with Gasteiger partial charge >= 0.3 is 0 Å². The Morgan fingerprint density at radius 3 is 2.65 bits per heavy atom. The molecule has 4 aromatic rings. The number of halogens is 1. The van der Waals surface area contributed by atoms with Crippen LogP contribution < -0.4 is 20.5 Å². The highest BCUT2D eigenvalue weighted by Gasteiger charge is 2.45. The summed E-state index contributed by atoms with van der Waals surface area (Å²) in [6.07, 6.45) is 6.08. The van der Waals surface area contributed by atoms with Gasteiger partial charge in [0.15, 0.2) is 0 Å². The van der Waals surface area contributed by atoms with Crippen molar-refractivity contribution in [3.63, 3.8) is 0 Å². The Kier molecular flexibility index (Phi) is 6.75. The number of fused-ring (bicyclic) bond motifs is 2. The SMILES string of the molecule is C[C@]1(C(N)=O)COc2c1cc([C@@H](CNC(=O)c1cc(OCC3CC3)c3ncccc3c1)C1CC1)nc2-c1ccc(F)cc1. The molecule has 43 heavy (non-hydrogen) atoms. The van der Waals surface area contributed by atoms with Gasteiger partial charge in [-0.2, -0.15) is 0 Å². The van der Waals surface area contributed by atoms with Crippen molar-refractivity contribution in [2.75, 3.05) is 19.8 Å². The van der Waals surface area contributed by atoms with Gasteiger partial charge in [0.25, 0.3) is 5.91 Å². The van der Waals surface area contributed by atoms with Crippen LogP contribution in [0.1, 0.15) is 60.1 Å². The van der Waals surface area contributed by atoms with Crippen molar-refractivity contribution in [1.82, 2.24) is 15.3 Å². The van der Waals surface area contributed by atoms with Crippen LogP contribution in [0.15, 0.2) is 60.8 Å². The molecule has 2 atom stereocenters. The van der Waals surface area contributed by atoms with Crippen molar-refractivity contribution in [3.8, 4) is 22.8 Å². The largest absolute Gasteiger partial charge is 0.491 e. The fraction of sp³-hybridized carbons (Fsp3) is 0.353. The summed E-state index contributed by atoms with van der Waals surface area (Å²) in [4.78, 5) is 35.6.